The quantitative estimate of drug-likeness (QED) is 0.910. The Morgan fingerprint density at radius 2 is 2.05 bits per heavy atom. The number of thiophene rings is 1. The molecule has 0 radical (unpaired) electrons. The van der Waals surface area contributed by atoms with Crippen LogP contribution in [0.3, 0.4) is 0 Å². The minimum atomic E-state index is -0.318. The van der Waals surface area contributed by atoms with Gasteiger partial charge in [0.15, 0.2) is 0 Å². The van der Waals surface area contributed by atoms with Crippen molar-refractivity contribution in [2.24, 2.45) is 0 Å². The molecule has 4 heteroatoms. The van der Waals surface area contributed by atoms with E-state index in [1.165, 1.54) is 28.0 Å². The average Bonchev–Trinajstić information content (AvgIpc) is 2.74. The van der Waals surface area contributed by atoms with Gasteiger partial charge >= 0.3 is 0 Å². The van der Waals surface area contributed by atoms with E-state index in [0.29, 0.717) is 11.1 Å². The zero-order valence-corrected chi connectivity index (χ0v) is 12.7. The van der Waals surface area contributed by atoms with E-state index in [1.807, 2.05) is 6.92 Å². The van der Waals surface area contributed by atoms with Crippen molar-refractivity contribution in [2.75, 3.05) is 0 Å². The molecule has 1 amide bonds. The first-order valence-electron chi connectivity index (χ1n) is 6.58. The predicted octanol–water partition coefficient (Wildman–Crippen LogP) is 3.87. The third kappa shape index (κ3) is 3.67. The first-order valence-corrected chi connectivity index (χ1v) is 7.39. The van der Waals surface area contributed by atoms with Crippen molar-refractivity contribution in [3.05, 3.63) is 57.0 Å². The van der Waals surface area contributed by atoms with Gasteiger partial charge in [0.05, 0.1) is 0 Å². The molecule has 0 saturated carbocycles. The average molecular weight is 291 g/mol. The molecule has 1 aromatic carbocycles. The van der Waals surface area contributed by atoms with Crippen LogP contribution in [0.1, 0.15) is 32.6 Å². The highest BCUT2D eigenvalue weighted by atomic mass is 32.1. The van der Waals surface area contributed by atoms with Crippen molar-refractivity contribution in [1.82, 2.24) is 5.32 Å². The first-order chi connectivity index (χ1) is 9.45. The molecule has 0 spiro atoms. The normalized spacial score (nSPS) is 12.2. The lowest BCUT2D eigenvalue weighted by atomic mass is 10.1. The molecule has 1 heterocycles. The minimum Gasteiger partial charge on any atom is -0.349 e. The van der Waals surface area contributed by atoms with Crippen LogP contribution in [0.25, 0.3) is 0 Å². The summed E-state index contributed by atoms with van der Waals surface area (Å²) in [7, 11) is 0. The van der Waals surface area contributed by atoms with E-state index in [1.54, 1.807) is 18.3 Å². The number of hydrogen-bond acceptors (Lipinski definition) is 2. The van der Waals surface area contributed by atoms with Crippen LogP contribution < -0.4 is 5.32 Å². The zero-order valence-electron chi connectivity index (χ0n) is 11.9. The molecule has 0 saturated heterocycles. The molecular weight excluding hydrogens is 273 g/mol. The Balaban J connectivity index is 2.00. The summed E-state index contributed by atoms with van der Waals surface area (Å²) in [6, 6.07) is 8.44. The molecule has 20 heavy (non-hydrogen) atoms. The van der Waals surface area contributed by atoms with E-state index in [9.17, 15) is 9.18 Å². The van der Waals surface area contributed by atoms with Crippen molar-refractivity contribution in [3.8, 4) is 0 Å². The third-order valence-electron chi connectivity index (χ3n) is 3.11. The Kier molecular flexibility index (Phi) is 4.55. The number of aryl methyl sites for hydroxylation is 2. The van der Waals surface area contributed by atoms with Gasteiger partial charge in [-0.05, 0) is 56.7 Å². The van der Waals surface area contributed by atoms with Gasteiger partial charge in [0, 0.05) is 27.8 Å². The summed E-state index contributed by atoms with van der Waals surface area (Å²) in [5.41, 5.74) is 1.18. The van der Waals surface area contributed by atoms with E-state index >= 15 is 0 Å². The summed E-state index contributed by atoms with van der Waals surface area (Å²) in [4.78, 5) is 14.7. The Labute approximate surface area is 122 Å². The Morgan fingerprint density at radius 3 is 2.65 bits per heavy atom. The summed E-state index contributed by atoms with van der Waals surface area (Å²) >= 11 is 1.74. The van der Waals surface area contributed by atoms with E-state index in [2.05, 4.69) is 24.4 Å². The lowest BCUT2D eigenvalue weighted by molar-refractivity contribution is 0.0939. The number of carbonyl (C=O) groups is 1. The third-order valence-corrected chi connectivity index (χ3v) is 4.14. The maximum atomic E-state index is 13.0. The summed E-state index contributed by atoms with van der Waals surface area (Å²) < 4.78 is 13.0. The van der Waals surface area contributed by atoms with Gasteiger partial charge in [-0.2, -0.15) is 0 Å². The second-order valence-electron chi connectivity index (χ2n) is 5.05. The van der Waals surface area contributed by atoms with Crippen molar-refractivity contribution >= 4 is 17.2 Å². The maximum Gasteiger partial charge on any atom is 0.251 e. The highest BCUT2D eigenvalue weighted by Gasteiger charge is 2.13. The van der Waals surface area contributed by atoms with Crippen LogP contribution in [0.5, 0.6) is 0 Å². The van der Waals surface area contributed by atoms with Crippen LogP contribution in [0, 0.1) is 19.7 Å². The number of carbonyl (C=O) groups excluding carboxylic acids is 1. The highest BCUT2D eigenvalue weighted by molar-refractivity contribution is 7.11. The van der Waals surface area contributed by atoms with Gasteiger partial charge in [0.25, 0.3) is 5.91 Å². The second-order valence-corrected chi connectivity index (χ2v) is 6.42. The van der Waals surface area contributed by atoms with Crippen LogP contribution in [-0.4, -0.2) is 11.9 Å². The first kappa shape index (κ1) is 14.7. The van der Waals surface area contributed by atoms with Gasteiger partial charge in [-0.1, -0.05) is 0 Å². The fourth-order valence-corrected chi connectivity index (χ4v) is 3.15. The Bertz CT molecular complexity index is 621. The molecule has 2 rings (SSSR count). The second kappa shape index (κ2) is 6.18. The number of rotatable bonds is 4. The highest BCUT2D eigenvalue weighted by Crippen LogP contribution is 2.17. The van der Waals surface area contributed by atoms with Crippen LogP contribution in [0.4, 0.5) is 4.39 Å². The molecule has 1 atom stereocenters. The Hall–Kier alpha value is -1.68. The molecule has 0 aliphatic heterocycles. The maximum absolute atomic E-state index is 13.0. The van der Waals surface area contributed by atoms with Crippen molar-refractivity contribution in [3.63, 3.8) is 0 Å². The topological polar surface area (TPSA) is 29.1 Å². The van der Waals surface area contributed by atoms with Crippen molar-refractivity contribution in [1.29, 1.82) is 0 Å². The fraction of sp³-hybridized carbons (Fsp3) is 0.312. The molecule has 1 unspecified atom stereocenters. The van der Waals surface area contributed by atoms with Crippen LogP contribution >= 0.6 is 11.3 Å². The standard InChI is InChI=1S/C16H18FNOS/c1-10-8-13(17)5-7-15(10)16(19)18-11(2)9-14-6-4-12(3)20-14/h4-8,11H,9H2,1-3H3,(H,18,19). The fourth-order valence-electron chi connectivity index (χ4n) is 2.13. The SMILES string of the molecule is Cc1ccc(CC(C)NC(=O)c2ccc(F)cc2C)s1. The largest absolute Gasteiger partial charge is 0.349 e. The number of benzene rings is 1. The van der Waals surface area contributed by atoms with Crippen molar-refractivity contribution < 1.29 is 9.18 Å². The van der Waals surface area contributed by atoms with Gasteiger partial charge < -0.3 is 5.32 Å². The van der Waals surface area contributed by atoms with Crippen LogP contribution in [0.15, 0.2) is 30.3 Å². The van der Waals surface area contributed by atoms with E-state index < -0.39 is 0 Å². The lowest BCUT2D eigenvalue weighted by Gasteiger charge is -2.14. The van der Waals surface area contributed by atoms with E-state index in [4.69, 9.17) is 0 Å². The smallest absolute Gasteiger partial charge is 0.251 e. The summed E-state index contributed by atoms with van der Waals surface area (Å²) in [5.74, 6) is -0.468. The minimum absolute atomic E-state index is 0.0463. The number of halogens is 1. The number of hydrogen-bond donors (Lipinski definition) is 1. The lowest BCUT2D eigenvalue weighted by Crippen LogP contribution is -2.34. The summed E-state index contributed by atoms with van der Waals surface area (Å²) in [5, 5.41) is 2.96. The molecule has 106 valence electrons. The van der Waals surface area contributed by atoms with Gasteiger partial charge in [-0.15, -0.1) is 11.3 Å². The van der Waals surface area contributed by atoms with E-state index in [0.717, 1.165) is 6.42 Å². The summed E-state index contributed by atoms with van der Waals surface area (Å²) in [6.45, 7) is 5.79. The summed E-state index contributed by atoms with van der Waals surface area (Å²) in [6.07, 6.45) is 0.810. The van der Waals surface area contributed by atoms with Gasteiger partial charge in [-0.25, -0.2) is 4.39 Å². The number of nitrogens with one attached hydrogen (secondary N) is 1. The molecule has 0 bridgehead atoms. The van der Waals surface area contributed by atoms with Gasteiger partial charge in [-0.3, -0.25) is 4.79 Å². The molecule has 2 nitrogen and oxygen atoms in total. The van der Waals surface area contributed by atoms with Gasteiger partial charge in [0.2, 0.25) is 0 Å². The molecule has 0 fully saturated rings. The monoisotopic (exact) mass is 291 g/mol. The molecule has 0 aliphatic rings. The van der Waals surface area contributed by atoms with Crippen LogP contribution in [-0.2, 0) is 6.42 Å². The molecular formula is C16H18FNOS. The zero-order chi connectivity index (χ0) is 14.7. The van der Waals surface area contributed by atoms with E-state index in [-0.39, 0.29) is 17.8 Å². The predicted molar refractivity (Wildman–Crippen MR) is 80.8 cm³/mol. The number of amides is 1. The van der Waals surface area contributed by atoms with Crippen LogP contribution in [0.2, 0.25) is 0 Å². The van der Waals surface area contributed by atoms with Crippen molar-refractivity contribution in [2.45, 2.75) is 33.2 Å². The molecule has 1 N–H and O–H groups in total. The molecule has 0 aliphatic carbocycles. The molecule has 1 aromatic heterocycles. The van der Waals surface area contributed by atoms with Gasteiger partial charge in [0.1, 0.15) is 5.82 Å². The Morgan fingerprint density at radius 1 is 1.30 bits per heavy atom. The molecule has 2 aromatic rings.